The molecular formula is C21H17ClN2O2. The Bertz CT molecular complexity index is 1010. The molecule has 0 N–H and O–H groups in total. The Kier molecular flexibility index (Phi) is 5.40. The summed E-state index contributed by atoms with van der Waals surface area (Å²) in [4.78, 5) is 11.9. The molecule has 3 rings (SSSR count). The predicted octanol–water partition coefficient (Wildman–Crippen LogP) is 4.81. The van der Waals surface area contributed by atoms with E-state index >= 15 is 0 Å². The summed E-state index contributed by atoms with van der Waals surface area (Å²) < 4.78 is 7.03. The molecule has 5 heteroatoms. The quantitative estimate of drug-likeness (QED) is 0.371. The molecule has 4 nitrogen and oxygen atoms in total. The highest BCUT2D eigenvalue weighted by atomic mass is 35.5. The third kappa shape index (κ3) is 3.79. The molecule has 0 saturated heterocycles. The van der Waals surface area contributed by atoms with Crippen molar-refractivity contribution in [2.45, 2.75) is 13.5 Å². The second kappa shape index (κ2) is 7.90. The fraction of sp³-hybridized carbons (Fsp3) is 0.143. The Balaban J connectivity index is 2.03. The Morgan fingerprint density at radius 3 is 2.65 bits per heavy atom. The van der Waals surface area contributed by atoms with Crippen molar-refractivity contribution >= 4 is 34.5 Å². The minimum atomic E-state index is -0.607. The molecule has 0 spiro atoms. The van der Waals surface area contributed by atoms with Crippen LogP contribution in [0.4, 0.5) is 0 Å². The minimum Gasteiger partial charge on any atom is -0.462 e. The van der Waals surface area contributed by atoms with Gasteiger partial charge in [-0.3, -0.25) is 0 Å². The van der Waals surface area contributed by atoms with Gasteiger partial charge in [-0.25, -0.2) is 4.79 Å². The number of carbonyl (C=O) groups excluding carboxylic acids is 1. The van der Waals surface area contributed by atoms with E-state index in [9.17, 15) is 10.1 Å². The van der Waals surface area contributed by atoms with E-state index in [0.717, 1.165) is 22.0 Å². The number of nitriles is 1. The Morgan fingerprint density at radius 2 is 1.96 bits per heavy atom. The van der Waals surface area contributed by atoms with Crippen molar-refractivity contribution in [3.63, 3.8) is 0 Å². The Hall–Kier alpha value is -3.03. The molecule has 0 aliphatic carbocycles. The van der Waals surface area contributed by atoms with Crippen LogP contribution in [0.15, 0.2) is 60.3 Å². The van der Waals surface area contributed by atoms with Crippen LogP contribution in [-0.4, -0.2) is 17.1 Å². The van der Waals surface area contributed by atoms with Crippen molar-refractivity contribution in [2.24, 2.45) is 0 Å². The summed E-state index contributed by atoms with van der Waals surface area (Å²) in [6.07, 6.45) is 3.52. The maximum Gasteiger partial charge on any atom is 0.348 e. The van der Waals surface area contributed by atoms with Gasteiger partial charge in [0.1, 0.15) is 11.6 Å². The second-order valence-electron chi connectivity index (χ2n) is 5.75. The number of hydrogen-bond acceptors (Lipinski definition) is 3. The van der Waals surface area contributed by atoms with Gasteiger partial charge in [-0.1, -0.05) is 41.9 Å². The molecule has 0 atom stereocenters. The lowest BCUT2D eigenvalue weighted by Gasteiger charge is -2.05. The van der Waals surface area contributed by atoms with Crippen LogP contribution in [0.5, 0.6) is 0 Å². The van der Waals surface area contributed by atoms with Crippen molar-refractivity contribution in [1.29, 1.82) is 5.26 Å². The van der Waals surface area contributed by atoms with Gasteiger partial charge in [0.05, 0.1) is 6.61 Å². The average Bonchev–Trinajstić information content (AvgIpc) is 2.99. The number of esters is 1. The van der Waals surface area contributed by atoms with Crippen LogP contribution in [0.3, 0.4) is 0 Å². The number of ether oxygens (including phenoxy) is 1. The number of nitrogens with zero attached hydrogens (tertiary/aromatic N) is 2. The lowest BCUT2D eigenvalue weighted by molar-refractivity contribution is -0.137. The lowest BCUT2D eigenvalue weighted by atomic mass is 10.1. The van der Waals surface area contributed by atoms with E-state index < -0.39 is 5.97 Å². The number of hydrogen-bond donors (Lipinski definition) is 0. The minimum absolute atomic E-state index is 0.0127. The van der Waals surface area contributed by atoms with Gasteiger partial charge >= 0.3 is 5.97 Å². The summed E-state index contributed by atoms with van der Waals surface area (Å²) in [6.45, 7) is 2.61. The first-order valence-electron chi connectivity index (χ1n) is 8.23. The van der Waals surface area contributed by atoms with Crippen LogP contribution in [-0.2, 0) is 16.1 Å². The van der Waals surface area contributed by atoms with Gasteiger partial charge in [-0.2, -0.15) is 5.26 Å². The van der Waals surface area contributed by atoms with Crippen LogP contribution in [0.25, 0.3) is 17.0 Å². The van der Waals surface area contributed by atoms with Crippen molar-refractivity contribution < 1.29 is 9.53 Å². The smallest absolute Gasteiger partial charge is 0.348 e. The molecule has 1 aromatic heterocycles. The van der Waals surface area contributed by atoms with Gasteiger partial charge in [0.25, 0.3) is 0 Å². The highest BCUT2D eigenvalue weighted by molar-refractivity contribution is 6.30. The lowest BCUT2D eigenvalue weighted by Crippen LogP contribution is -2.05. The molecule has 0 aliphatic heterocycles. The molecule has 0 amide bonds. The van der Waals surface area contributed by atoms with Gasteiger partial charge in [-0.15, -0.1) is 0 Å². The van der Waals surface area contributed by atoms with Crippen molar-refractivity contribution in [3.05, 3.63) is 76.5 Å². The highest BCUT2D eigenvalue weighted by Crippen LogP contribution is 2.25. The number of rotatable bonds is 5. The molecule has 26 heavy (non-hydrogen) atoms. The van der Waals surface area contributed by atoms with E-state index in [1.807, 2.05) is 60.8 Å². The van der Waals surface area contributed by atoms with Crippen LogP contribution < -0.4 is 0 Å². The van der Waals surface area contributed by atoms with Crippen molar-refractivity contribution in [1.82, 2.24) is 4.57 Å². The average molecular weight is 365 g/mol. The third-order valence-corrected chi connectivity index (χ3v) is 4.25. The Labute approximate surface area is 156 Å². The molecule has 130 valence electrons. The fourth-order valence-electron chi connectivity index (χ4n) is 2.81. The largest absolute Gasteiger partial charge is 0.462 e. The number of benzene rings is 2. The predicted molar refractivity (Wildman–Crippen MR) is 103 cm³/mol. The summed E-state index contributed by atoms with van der Waals surface area (Å²) >= 11 is 5.95. The standard InChI is InChI=1S/C21H17ClN2O2/c1-2-26-21(25)16(12-23)11-17-14-24(20-6-4-3-5-19(17)20)13-15-7-9-18(22)10-8-15/h3-11,14H,2,13H2,1H3/b16-11-. The molecule has 0 aliphatic rings. The molecule has 2 aromatic carbocycles. The summed E-state index contributed by atoms with van der Waals surface area (Å²) in [5.41, 5.74) is 2.92. The van der Waals surface area contributed by atoms with Gasteiger partial charge in [0, 0.05) is 34.2 Å². The van der Waals surface area contributed by atoms with Gasteiger partial charge in [-0.05, 0) is 36.8 Å². The summed E-state index contributed by atoms with van der Waals surface area (Å²) in [7, 11) is 0. The van der Waals surface area contributed by atoms with Crippen LogP contribution >= 0.6 is 11.6 Å². The summed E-state index contributed by atoms with van der Waals surface area (Å²) in [5.74, 6) is -0.607. The third-order valence-electron chi connectivity index (χ3n) is 4.00. The molecule has 1 heterocycles. The molecule has 3 aromatic rings. The zero-order valence-electron chi connectivity index (χ0n) is 14.3. The maximum absolute atomic E-state index is 11.9. The first-order valence-corrected chi connectivity index (χ1v) is 8.61. The van der Waals surface area contributed by atoms with Crippen LogP contribution in [0.1, 0.15) is 18.1 Å². The fourth-order valence-corrected chi connectivity index (χ4v) is 2.93. The van der Waals surface area contributed by atoms with E-state index in [4.69, 9.17) is 16.3 Å². The maximum atomic E-state index is 11.9. The first-order chi connectivity index (χ1) is 12.6. The van der Waals surface area contributed by atoms with Crippen LogP contribution in [0.2, 0.25) is 5.02 Å². The number of carbonyl (C=O) groups is 1. The van der Waals surface area contributed by atoms with E-state index in [1.54, 1.807) is 13.0 Å². The zero-order chi connectivity index (χ0) is 18.5. The van der Waals surface area contributed by atoms with Gasteiger partial charge in [0.2, 0.25) is 0 Å². The van der Waals surface area contributed by atoms with E-state index in [1.165, 1.54) is 0 Å². The SMILES string of the molecule is CCOC(=O)/C(C#N)=C\c1cn(Cc2ccc(Cl)cc2)c2ccccc12. The molecule has 0 radical (unpaired) electrons. The topological polar surface area (TPSA) is 55.0 Å². The van der Waals surface area contributed by atoms with Crippen LogP contribution in [0, 0.1) is 11.3 Å². The molecule has 0 saturated carbocycles. The monoisotopic (exact) mass is 364 g/mol. The zero-order valence-corrected chi connectivity index (χ0v) is 15.0. The van der Waals surface area contributed by atoms with Gasteiger partial charge in [0.15, 0.2) is 0 Å². The first kappa shape index (κ1) is 17.8. The molecule has 0 unspecified atom stereocenters. The number of fused-ring (bicyclic) bond motifs is 1. The second-order valence-corrected chi connectivity index (χ2v) is 6.18. The normalized spacial score (nSPS) is 11.3. The molecule has 0 bridgehead atoms. The molecular weight excluding hydrogens is 348 g/mol. The number of aromatic nitrogens is 1. The number of halogens is 1. The summed E-state index contributed by atoms with van der Waals surface area (Å²) in [6, 6.07) is 17.5. The van der Waals surface area contributed by atoms with E-state index in [2.05, 4.69) is 4.57 Å². The van der Waals surface area contributed by atoms with E-state index in [-0.39, 0.29) is 12.2 Å². The Morgan fingerprint density at radius 1 is 1.23 bits per heavy atom. The van der Waals surface area contributed by atoms with Crippen molar-refractivity contribution in [3.8, 4) is 6.07 Å². The van der Waals surface area contributed by atoms with Crippen molar-refractivity contribution in [2.75, 3.05) is 6.61 Å². The number of para-hydroxylation sites is 1. The van der Waals surface area contributed by atoms with E-state index in [0.29, 0.717) is 11.6 Å². The van der Waals surface area contributed by atoms with Gasteiger partial charge < -0.3 is 9.30 Å². The summed E-state index contributed by atoms with van der Waals surface area (Å²) in [5, 5.41) is 11.0. The highest BCUT2D eigenvalue weighted by Gasteiger charge is 2.13. The molecule has 0 fully saturated rings.